The lowest BCUT2D eigenvalue weighted by Crippen LogP contribution is -2.41. The van der Waals surface area contributed by atoms with Gasteiger partial charge in [0.25, 0.3) is 5.91 Å². The van der Waals surface area contributed by atoms with E-state index in [2.05, 4.69) is 5.32 Å². The third-order valence-electron chi connectivity index (χ3n) is 2.98. The number of benzene rings is 1. The van der Waals surface area contributed by atoms with Crippen LogP contribution in [0.25, 0.3) is 0 Å². The van der Waals surface area contributed by atoms with Crippen LogP contribution in [0.15, 0.2) is 18.2 Å². The Morgan fingerprint density at radius 1 is 1.30 bits per heavy atom. The Kier molecular flexibility index (Phi) is 6.85. The Bertz CT molecular complexity index is 587. The van der Waals surface area contributed by atoms with Crippen LogP contribution in [0.5, 0.6) is 5.75 Å². The highest BCUT2D eigenvalue weighted by Crippen LogP contribution is 2.22. The molecular formula is C15H20N2O6. The van der Waals surface area contributed by atoms with Crippen molar-refractivity contribution in [3.8, 4) is 5.75 Å². The molecule has 0 aliphatic carbocycles. The minimum absolute atomic E-state index is 0.174. The fraction of sp³-hybridized carbons (Fsp3) is 0.400. The van der Waals surface area contributed by atoms with Crippen molar-refractivity contribution in [2.24, 2.45) is 0 Å². The van der Waals surface area contributed by atoms with E-state index < -0.39 is 23.9 Å². The summed E-state index contributed by atoms with van der Waals surface area (Å²) < 4.78 is 5.39. The number of anilines is 1. The van der Waals surface area contributed by atoms with Gasteiger partial charge in [0.15, 0.2) is 0 Å². The second-order valence-corrected chi connectivity index (χ2v) is 4.90. The van der Waals surface area contributed by atoms with Crippen LogP contribution in [0.3, 0.4) is 0 Å². The van der Waals surface area contributed by atoms with Crippen molar-refractivity contribution in [3.63, 3.8) is 0 Å². The largest absolute Gasteiger partial charge is 0.491 e. The maximum absolute atomic E-state index is 12.1. The second kappa shape index (κ2) is 8.62. The molecule has 8 heteroatoms. The SMILES string of the molecule is CCCOc1ccc(C(=O)NC(CCC(=O)O)C(=O)O)cc1N. The summed E-state index contributed by atoms with van der Waals surface area (Å²) in [6, 6.07) is 3.10. The summed E-state index contributed by atoms with van der Waals surface area (Å²) in [6.45, 7) is 2.44. The van der Waals surface area contributed by atoms with Crippen molar-refractivity contribution in [3.05, 3.63) is 23.8 Å². The third-order valence-corrected chi connectivity index (χ3v) is 2.98. The molecule has 0 saturated heterocycles. The van der Waals surface area contributed by atoms with Gasteiger partial charge in [-0.15, -0.1) is 0 Å². The lowest BCUT2D eigenvalue weighted by molar-refractivity contribution is -0.140. The molecule has 1 rings (SSSR count). The van der Waals surface area contributed by atoms with Crippen LogP contribution in [-0.2, 0) is 9.59 Å². The summed E-state index contributed by atoms with van der Waals surface area (Å²) in [4.78, 5) is 33.6. The van der Waals surface area contributed by atoms with Gasteiger partial charge in [-0.1, -0.05) is 6.92 Å². The highest BCUT2D eigenvalue weighted by molar-refractivity contribution is 5.97. The molecule has 0 spiro atoms. The molecule has 0 saturated carbocycles. The number of hydrogen-bond donors (Lipinski definition) is 4. The normalized spacial score (nSPS) is 11.5. The Morgan fingerprint density at radius 2 is 2.00 bits per heavy atom. The zero-order chi connectivity index (χ0) is 17.4. The molecule has 23 heavy (non-hydrogen) atoms. The average Bonchev–Trinajstić information content (AvgIpc) is 2.49. The molecule has 5 N–H and O–H groups in total. The Morgan fingerprint density at radius 3 is 2.52 bits per heavy atom. The van der Waals surface area contributed by atoms with Crippen molar-refractivity contribution >= 4 is 23.5 Å². The second-order valence-electron chi connectivity index (χ2n) is 4.90. The van der Waals surface area contributed by atoms with Gasteiger partial charge in [0.1, 0.15) is 11.8 Å². The van der Waals surface area contributed by atoms with Crippen LogP contribution in [0.1, 0.15) is 36.5 Å². The van der Waals surface area contributed by atoms with E-state index >= 15 is 0 Å². The molecule has 1 atom stereocenters. The molecule has 0 fully saturated rings. The molecule has 1 aromatic carbocycles. The highest BCUT2D eigenvalue weighted by Gasteiger charge is 2.22. The topological polar surface area (TPSA) is 139 Å². The third kappa shape index (κ3) is 5.85. The lowest BCUT2D eigenvalue weighted by Gasteiger charge is -2.14. The molecule has 0 aliphatic rings. The number of amides is 1. The van der Waals surface area contributed by atoms with E-state index in [9.17, 15) is 14.4 Å². The Labute approximate surface area is 133 Å². The molecule has 1 aromatic rings. The first-order valence-corrected chi connectivity index (χ1v) is 7.13. The number of nitrogens with one attached hydrogen (secondary N) is 1. The fourth-order valence-corrected chi connectivity index (χ4v) is 1.80. The van der Waals surface area contributed by atoms with E-state index in [0.717, 1.165) is 6.42 Å². The zero-order valence-corrected chi connectivity index (χ0v) is 12.7. The van der Waals surface area contributed by atoms with E-state index in [1.165, 1.54) is 18.2 Å². The first-order valence-electron chi connectivity index (χ1n) is 7.13. The van der Waals surface area contributed by atoms with Gasteiger partial charge in [-0.05, 0) is 31.0 Å². The summed E-state index contributed by atoms with van der Waals surface area (Å²) in [7, 11) is 0. The smallest absolute Gasteiger partial charge is 0.326 e. The van der Waals surface area contributed by atoms with Gasteiger partial charge in [-0.2, -0.15) is 0 Å². The van der Waals surface area contributed by atoms with Gasteiger partial charge in [0.05, 0.1) is 12.3 Å². The average molecular weight is 324 g/mol. The van der Waals surface area contributed by atoms with Crippen molar-refractivity contribution in [2.75, 3.05) is 12.3 Å². The minimum Gasteiger partial charge on any atom is -0.491 e. The van der Waals surface area contributed by atoms with Crippen LogP contribution >= 0.6 is 0 Å². The van der Waals surface area contributed by atoms with Crippen LogP contribution < -0.4 is 15.8 Å². The maximum Gasteiger partial charge on any atom is 0.326 e. The van der Waals surface area contributed by atoms with Crippen molar-refractivity contribution in [2.45, 2.75) is 32.2 Å². The van der Waals surface area contributed by atoms with Crippen LogP contribution in [0.2, 0.25) is 0 Å². The number of carboxylic acid groups (broad SMARTS) is 2. The first-order chi connectivity index (χ1) is 10.8. The number of carbonyl (C=O) groups excluding carboxylic acids is 1. The van der Waals surface area contributed by atoms with Gasteiger partial charge in [-0.25, -0.2) is 4.79 Å². The summed E-state index contributed by atoms with van der Waals surface area (Å²) in [6.07, 6.45) is 0.248. The molecule has 0 bridgehead atoms. The number of aliphatic carboxylic acids is 2. The number of rotatable bonds is 9. The molecule has 126 valence electrons. The van der Waals surface area contributed by atoms with E-state index in [1.807, 2.05) is 6.92 Å². The zero-order valence-electron chi connectivity index (χ0n) is 12.7. The molecule has 1 amide bonds. The summed E-state index contributed by atoms with van der Waals surface area (Å²) in [5.74, 6) is -2.62. The van der Waals surface area contributed by atoms with Gasteiger partial charge in [0.2, 0.25) is 0 Å². The highest BCUT2D eigenvalue weighted by atomic mass is 16.5. The number of carboxylic acids is 2. The van der Waals surface area contributed by atoms with E-state index in [0.29, 0.717) is 12.4 Å². The quantitative estimate of drug-likeness (QED) is 0.499. The standard InChI is InChI=1S/C15H20N2O6/c1-2-7-23-12-5-3-9(8-10(12)16)14(20)17-11(15(21)22)4-6-13(18)19/h3,5,8,11H,2,4,6-7,16H2,1H3,(H,17,20)(H,18,19)(H,21,22). The minimum atomic E-state index is -1.30. The van der Waals surface area contributed by atoms with Gasteiger partial charge in [0, 0.05) is 12.0 Å². The van der Waals surface area contributed by atoms with Crippen LogP contribution in [0.4, 0.5) is 5.69 Å². The van der Waals surface area contributed by atoms with Crippen LogP contribution in [0, 0.1) is 0 Å². The van der Waals surface area contributed by atoms with Crippen molar-refractivity contribution < 1.29 is 29.3 Å². The monoisotopic (exact) mass is 324 g/mol. The number of nitrogens with two attached hydrogens (primary N) is 1. The van der Waals surface area contributed by atoms with Crippen molar-refractivity contribution in [1.29, 1.82) is 0 Å². The fourth-order valence-electron chi connectivity index (χ4n) is 1.80. The number of nitrogen functional groups attached to an aromatic ring is 1. The van der Waals surface area contributed by atoms with Crippen molar-refractivity contribution in [1.82, 2.24) is 5.32 Å². The molecule has 0 aromatic heterocycles. The maximum atomic E-state index is 12.1. The number of carbonyl (C=O) groups is 3. The molecular weight excluding hydrogens is 304 g/mol. The van der Waals surface area contributed by atoms with E-state index in [-0.39, 0.29) is 24.1 Å². The van der Waals surface area contributed by atoms with E-state index in [1.54, 1.807) is 0 Å². The molecule has 8 nitrogen and oxygen atoms in total. The molecule has 1 unspecified atom stereocenters. The molecule has 0 radical (unpaired) electrons. The number of hydrogen-bond acceptors (Lipinski definition) is 5. The summed E-state index contributed by atoms with van der Waals surface area (Å²) in [5.41, 5.74) is 6.23. The van der Waals surface area contributed by atoms with E-state index in [4.69, 9.17) is 20.7 Å². The van der Waals surface area contributed by atoms with Gasteiger partial charge < -0.3 is 26.0 Å². The predicted octanol–water partition coefficient (Wildman–Crippen LogP) is 1.11. The first kappa shape index (κ1) is 18.3. The Balaban J connectivity index is 2.77. The molecule has 0 aliphatic heterocycles. The molecule has 0 heterocycles. The van der Waals surface area contributed by atoms with Gasteiger partial charge in [-0.3, -0.25) is 9.59 Å². The van der Waals surface area contributed by atoms with Gasteiger partial charge >= 0.3 is 11.9 Å². The Hall–Kier alpha value is -2.77. The number of ether oxygens (including phenoxy) is 1. The van der Waals surface area contributed by atoms with Crippen LogP contribution in [-0.4, -0.2) is 40.7 Å². The lowest BCUT2D eigenvalue weighted by atomic mass is 10.1. The predicted molar refractivity (Wildman–Crippen MR) is 82.4 cm³/mol. The summed E-state index contributed by atoms with van der Waals surface area (Å²) >= 11 is 0. The summed E-state index contributed by atoms with van der Waals surface area (Å²) in [5, 5.41) is 19.9.